The van der Waals surface area contributed by atoms with Gasteiger partial charge in [0.2, 0.25) is 0 Å². The van der Waals surface area contributed by atoms with Crippen molar-refractivity contribution in [1.29, 1.82) is 0 Å². The Morgan fingerprint density at radius 1 is 0.544 bits per heavy atom. The van der Waals surface area contributed by atoms with E-state index in [1.807, 2.05) is 0 Å². The maximum absolute atomic E-state index is 5.63. The van der Waals surface area contributed by atoms with Crippen LogP contribution in [0.5, 0.6) is 0 Å². The average molecular weight is 731 g/mol. The van der Waals surface area contributed by atoms with Gasteiger partial charge in [0.15, 0.2) is 0 Å². The van der Waals surface area contributed by atoms with Crippen LogP contribution in [0.25, 0.3) is 84.1 Å². The lowest BCUT2D eigenvalue weighted by atomic mass is 9.99. The number of allylic oxidation sites excluding steroid dienone is 7. The van der Waals surface area contributed by atoms with Gasteiger partial charge in [-0.25, -0.2) is 4.98 Å². The second kappa shape index (κ2) is 12.4. The quantitative estimate of drug-likeness (QED) is 0.167. The van der Waals surface area contributed by atoms with Gasteiger partial charge in [0, 0.05) is 61.2 Å². The van der Waals surface area contributed by atoms with Crippen LogP contribution in [0.15, 0.2) is 194 Å². The second-order valence-electron chi connectivity index (χ2n) is 15.5. The summed E-state index contributed by atoms with van der Waals surface area (Å²) in [5, 5.41) is 3.88. The van der Waals surface area contributed by atoms with Crippen molar-refractivity contribution in [1.82, 2.24) is 18.7 Å². The minimum atomic E-state index is -0.327. The number of fused-ring (bicyclic) bond motifs is 7. The van der Waals surface area contributed by atoms with Gasteiger partial charge < -0.3 is 9.13 Å². The maximum atomic E-state index is 5.63. The summed E-state index contributed by atoms with van der Waals surface area (Å²) in [4.78, 5) is 5.63. The molecule has 4 nitrogen and oxygen atoms in total. The van der Waals surface area contributed by atoms with Crippen LogP contribution in [0, 0.1) is 5.92 Å². The highest BCUT2D eigenvalue weighted by atomic mass is 15.2. The fraction of sp³-hybridized carbons (Fsp3) is 0.0755. The Morgan fingerprint density at radius 2 is 1.12 bits per heavy atom. The van der Waals surface area contributed by atoms with Crippen LogP contribution in [0.2, 0.25) is 0 Å². The standard InChI is InChI=1S/C53H38N4/c1-5-19-36(20-6-1)50-51(37-21-7-2-8-22-37)56(52(54-50)38-23-9-3-10-24-38)49-33-39(55-45-29-12-4-11-25-40(45)41-26-13-16-30-46(41)55)34-53(35-44(49)53)57-47-31-17-14-27-42(47)43-28-15-18-32-48(43)57/h1-24,26-34,44H,25,35H2. The molecule has 1 saturated carbocycles. The second-order valence-corrected chi connectivity index (χ2v) is 15.5. The van der Waals surface area contributed by atoms with Gasteiger partial charge in [-0.15, -0.1) is 0 Å². The Labute approximate surface area is 331 Å². The first-order valence-electron chi connectivity index (χ1n) is 20.0. The number of nitrogens with zero attached hydrogens (tertiary/aromatic N) is 4. The molecule has 0 bridgehead atoms. The number of hydrogen-bond donors (Lipinski definition) is 0. The van der Waals surface area contributed by atoms with Gasteiger partial charge in [0.05, 0.1) is 28.1 Å². The van der Waals surface area contributed by atoms with Crippen molar-refractivity contribution < 1.29 is 0 Å². The number of hydrogen-bond acceptors (Lipinski definition) is 1. The minimum Gasteiger partial charge on any atom is -0.330 e. The summed E-state index contributed by atoms with van der Waals surface area (Å²) in [5.41, 5.74) is 13.9. The van der Waals surface area contributed by atoms with Gasteiger partial charge >= 0.3 is 0 Å². The highest BCUT2D eigenvalue weighted by molar-refractivity contribution is 6.09. The smallest absolute Gasteiger partial charge is 0.145 e. The third-order valence-corrected chi connectivity index (χ3v) is 12.4. The summed E-state index contributed by atoms with van der Waals surface area (Å²) in [6.45, 7) is 0. The van der Waals surface area contributed by atoms with Crippen LogP contribution in [0.1, 0.15) is 17.7 Å². The third-order valence-electron chi connectivity index (χ3n) is 12.4. The van der Waals surface area contributed by atoms with Crippen LogP contribution < -0.4 is 0 Å². The van der Waals surface area contributed by atoms with Gasteiger partial charge in [-0.2, -0.15) is 0 Å². The Morgan fingerprint density at radius 3 is 1.81 bits per heavy atom. The molecule has 270 valence electrons. The van der Waals surface area contributed by atoms with E-state index in [0.29, 0.717) is 0 Å². The summed E-state index contributed by atoms with van der Waals surface area (Å²) in [5.74, 6) is 1.13. The molecule has 0 spiro atoms. The fourth-order valence-electron chi connectivity index (χ4n) is 9.89. The molecule has 0 N–H and O–H groups in total. The van der Waals surface area contributed by atoms with E-state index >= 15 is 0 Å². The lowest BCUT2D eigenvalue weighted by molar-refractivity contribution is 0.599. The van der Waals surface area contributed by atoms with E-state index in [9.17, 15) is 0 Å². The Bertz CT molecular complexity index is 3120. The molecule has 9 aromatic rings. The number of para-hydroxylation sites is 3. The molecule has 57 heavy (non-hydrogen) atoms. The monoisotopic (exact) mass is 730 g/mol. The highest BCUT2D eigenvalue weighted by Crippen LogP contribution is 2.63. The van der Waals surface area contributed by atoms with Gasteiger partial charge in [0.25, 0.3) is 0 Å². The molecule has 3 aliphatic carbocycles. The molecule has 3 aliphatic rings. The molecule has 0 aliphatic heterocycles. The van der Waals surface area contributed by atoms with E-state index in [1.54, 1.807) is 0 Å². The van der Waals surface area contributed by atoms with Crippen LogP contribution in [0.4, 0.5) is 0 Å². The van der Waals surface area contributed by atoms with E-state index in [0.717, 1.165) is 46.7 Å². The summed E-state index contributed by atoms with van der Waals surface area (Å²) in [7, 11) is 0. The van der Waals surface area contributed by atoms with Gasteiger partial charge in [-0.3, -0.25) is 4.57 Å². The molecule has 0 amide bonds. The Hall–Kier alpha value is -7.17. The Balaban J connectivity index is 1.21. The molecule has 3 heterocycles. The number of benzene rings is 6. The van der Waals surface area contributed by atoms with Crippen molar-refractivity contribution in [2.24, 2.45) is 5.92 Å². The van der Waals surface area contributed by atoms with Gasteiger partial charge in [-0.1, -0.05) is 164 Å². The van der Waals surface area contributed by atoms with E-state index < -0.39 is 0 Å². The van der Waals surface area contributed by atoms with E-state index in [-0.39, 0.29) is 11.5 Å². The SMILES string of the molecule is C1=CCc2c(n(C3=CC4(n5c6ccccc6c6ccccc65)CC4C(n4c(-c5ccccc5)nc(-c5ccccc5)c4-c4ccccc4)=C3)c3ccccc23)C=C1. The van der Waals surface area contributed by atoms with Crippen molar-refractivity contribution in [3.8, 4) is 33.9 Å². The van der Waals surface area contributed by atoms with Crippen molar-refractivity contribution in [2.75, 3.05) is 0 Å². The normalized spacial score (nSPS) is 18.4. The van der Waals surface area contributed by atoms with Crippen molar-refractivity contribution in [2.45, 2.75) is 18.4 Å². The summed E-state index contributed by atoms with van der Waals surface area (Å²) >= 11 is 0. The summed E-state index contributed by atoms with van der Waals surface area (Å²) in [6, 6.07) is 59.1. The lowest BCUT2D eigenvalue weighted by Crippen LogP contribution is -2.23. The van der Waals surface area contributed by atoms with Crippen molar-refractivity contribution in [3.05, 3.63) is 205 Å². The van der Waals surface area contributed by atoms with Crippen LogP contribution in [0.3, 0.4) is 0 Å². The van der Waals surface area contributed by atoms with E-state index in [4.69, 9.17) is 4.98 Å². The highest BCUT2D eigenvalue weighted by Gasteiger charge is 2.60. The molecule has 12 rings (SSSR count). The average Bonchev–Trinajstić information content (AvgIpc) is 3.68. The van der Waals surface area contributed by atoms with Gasteiger partial charge in [0.1, 0.15) is 5.82 Å². The van der Waals surface area contributed by atoms with Crippen LogP contribution >= 0.6 is 0 Å². The van der Waals surface area contributed by atoms with E-state index in [1.165, 1.54) is 55.4 Å². The molecule has 0 radical (unpaired) electrons. The molecular formula is C53H38N4. The van der Waals surface area contributed by atoms with Gasteiger partial charge in [-0.05, 0) is 54.8 Å². The molecule has 2 atom stereocenters. The van der Waals surface area contributed by atoms with Crippen molar-refractivity contribution >= 4 is 50.2 Å². The van der Waals surface area contributed by atoms with Crippen LogP contribution in [-0.4, -0.2) is 18.7 Å². The molecule has 3 aromatic heterocycles. The molecule has 0 saturated heterocycles. The molecular weight excluding hydrogens is 693 g/mol. The molecule has 2 unspecified atom stereocenters. The molecule has 4 heteroatoms. The maximum Gasteiger partial charge on any atom is 0.145 e. The largest absolute Gasteiger partial charge is 0.330 e. The lowest BCUT2D eigenvalue weighted by Gasteiger charge is -2.28. The topological polar surface area (TPSA) is 27.7 Å². The zero-order valence-corrected chi connectivity index (χ0v) is 31.3. The predicted octanol–water partition coefficient (Wildman–Crippen LogP) is 12.9. The molecule has 6 aromatic carbocycles. The molecule has 1 fully saturated rings. The Kier molecular flexibility index (Phi) is 7.00. The first-order chi connectivity index (χ1) is 28.3. The minimum absolute atomic E-state index is 0.181. The van der Waals surface area contributed by atoms with E-state index in [2.05, 4.69) is 214 Å². The zero-order chi connectivity index (χ0) is 37.5. The summed E-state index contributed by atoms with van der Waals surface area (Å²) < 4.78 is 7.70. The fourth-order valence-corrected chi connectivity index (χ4v) is 9.89. The first kappa shape index (κ1) is 32.1. The zero-order valence-electron chi connectivity index (χ0n) is 31.3. The number of imidazole rings is 1. The summed E-state index contributed by atoms with van der Waals surface area (Å²) in [6.07, 6.45) is 15.9. The third kappa shape index (κ3) is 4.77. The number of aromatic nitrogens is 4. The number of rotatable bonds is 6. The van der Waals surface area contributed by atoms with Crippen LogP contribution in [-0.2, 0) is 12.0 Å². The first-order valence-corrected chi connectivity index (χ1v) is 20.0. The predicted molar refractivity (Wildman–Crippen MR) is 236 cm³/mol. The van der Waals surface area contributed by atoms with Crippen molar-refractivity contribution in [3.63, 3.8) is 0 Å².